The van der Waals surface area contributed by atoms with Crippen molar-refractivity contribution < 1.29 is 22.0 Å². The number of hydrogen-bond donors (Lipinski definition) is 0. The summed E-state index contributed by atoms with van der Waals surface area (Å²) in [7, 11) is 0. The first-order valence-electron chi connectivity index (χ1n) is 3.02. The molecule has 1 unspecified atom stereocenters. The molecule has 0 radical (unpaired) electrons. The van der Waals surface area contributed by atoms with Crippen LogP contribution in [-0.2, 0) is 0 Å². The Morgan fingerprint density at radius 3 is 1.92 bits per heavy atom. The summed E-state index contributed by atoms with van der Waals surface area (Å²) >= 11 is 0. The molecule has 0 aromatic heterocycles. The number of rotatable bonds is 2. The van der Waals surface area contributed by atoms with Crippen LogP contribution in [0.5, 0.6) is 0 Å². The first-order chi connectivity index (χ1) is 5.20. The Kier molecular flexibility index (Phi) is 3.02. The van der Waals surface area contributed by atoms with Gasteiger partial charge in [0.25, 0.3) is 0 Å². The van der Waals surface area contributed by atoms with E-state index < -0.39 is 24.6 Å². The van der Waals surface area contributed by atoms with Crippen LogP contribution in [0.3, 0.4) is 0 Å². The van der Waals surface area contributed by atoms with Gasteiger partial charge in [-0.25, -0.2) is 6.57 Å². The lowest BCUT2D eigenvalue weighted by Gasteiger charge is -2.18. The molecule has 0 spiro atoms. The van der Waals surface area contributed by atoms with Gasteiger partial charge >= 0.3 is 12.1 Å². The molecule has 0 aliphatic heterocycles. The average Bonchev–Trinajstić information content (AvgIpc) is 1.84. The van der Waals surface area contributed by atoms with E-state index in [9.17, 15) is 22.0 Å². The van der Waals surface area contributed by atoms with Crippen LogP contribution in [0.2, 0.25) is 0 Å². The van der Waals surface area contributed by atoms with Gasteiger partial charge < -0.3 is 4.85 Å². The third-order valence-corrected chi connectivity index (χ3v) is 1.19. The summed E-state index contributed by atoms with van der Waals surface area (Å²) in [5, 5.41) is 0. The molecule has 0 fully saturated rings. The predicted octanol–water partition coefficient (Wildman–Crippen LogP) is 2.88. The number of hydrogen-bond acceptors (Lipinski definition) is 0. The van der Waals surface area contributed by atoms with Crippen molar-refractivity contribution in [1.82, 2.24) is 0 Å². The van der Waals surface area contributed by atoms with Crippen LogP contribution < -0.4 is 0 Å². The molecule has 0 aromatic rings. The topological polar surface area (TPSA) is 4.36 Å². The molecule has 6 heteroatoms. The van der Waals surface area contributed by atoms with Gasteiger partial charge in [-0.15, -0.1) is 0 Å². The molecular formula is C6H6F5N. The normalized spacial score (nSPS) is 15.4. The lowest BCUT2D eigenvalue weighted by Crippen LogP contribution is -2.38. The van der Waals surface area contributed by atoms with Crippen LogP contribution in [0.25, 0.3) is 4.85 Å². The monoisotopic (exact) mass is 187 g/mol. The maximum Gasteiger partial charge on any atom is 0.453 e. The highest BCUT2D eigenvalue weighted by molar-refractivity contribution is 4.85. The zero-order valence-corrected chi connectivity index (χ0v) is 6.12. The molecule has 0 rings (SSSR count). The van der Waals surface area contributed by atoms with Gasteiger partial charge in [-0.2, -0.15) is 22.0 Å². The molecule has 0 bridgehead atoms. The quantitative estimate of drug-likeness (QED) is 0.462. The van der Waals surface area contributed by atoms with Crippen LogP contribution in [0.4, 0.5) is 22.0 Å². The molecule has 0 N–H and O–H groups in total. The summed E-state index contributed by atoms with van der Waals surface area (Å²) in [6.07, 6.45) is -7.02. The predicted molar refractivity (Wildman–Crippen MR) is 31.7 cm³/mol. The van der Waals surface area contributed by atoms with Crippen LogP contribution in [0.1, 0.15) is 13.3 Å². The second-order valence-electron chi connectivity index (χ2n) is 2.38. The van der Waals surface area contributed by atoms with Gasteiger partial charge in [0.2, 0.25) is 6.04 Å². The summed E-state index contributed by atoms with van der Waals surface area (Å²) < 4.78 is 58.6. The highest BCUT2D eigenvalue weighted by atomic mass is 19.4. The number of halogens is 5. The van der Waals surface area contributed by atoms with Crippen LogP contribution in [0, 0.1) is 6.57 Å². The first-order valence-corrected chi connectivity index (χ1v) is 3.02. The molecular weight excluding hydrogens is 181 g/mol. The summed E-state index contributed by atoms with van der Waals surface area (Å²) in [4.78, 5) is 2.56. The van der Waals surface area contributed by atoms with Crippen molar-refractivity contribution >= 4 is 0 Å². The molecule has 0 saturated heterocycles. The van der Waals surface area contributed by atoms with E-state index in [2.05, 4.69) is 4.85 Å². The second kappa shape index (κ2) is 3.25. The Labute approximate surface area is 66.0 Å². The lowest BCUT2D eigenvalue weighted by molar-refractivity contribution is -0.284. The number of alkyl halides is 5. The first kappa shape index (κ1) is 11.1. The Balaban J connectivity index is 4.35. The van der Waals surface area contributed by atoms with Crippen LogP contribution in [-0.4, -0.2) is 18.1 Å². The maximum absolute atomic E-state index is 12.1. The minimum absolute atomic E-state index is 1.02. The van der Waals surface area contributed by atoms with Gasteiger partial charge in [0.05, 0.1) is 6.42 Å². The van der Waals surface area contributed by atoms with E-state index in [1.54, 1.807) is 0 Å². The molecule has 70 valence electrons. The third kappa shape index (κ3) is 2.64. The van der Waals surface area contributed by atoms with Crippen molar-refractivity contribution in [3.63, 3.8) is 0 Å². The van der Waals surface area contributed by atoms with Crippen LogP contribution >= 0.6 is 0 Å². The maximum atomic E-state index is 12.1. The molecule has 0 aliphatic carbocycles. The van der Waals surface area contributed by atoms with Gasteiger partial charge in [-0.3, -0.25) is 0 Å². The SMILES string of the molecule is [C-]#[N+]C(C)CC(F)(F)C(F)(F)F. The Bertz CT molecular complexity index is 189. The van der Waals surface area contributed by atoms with Gasteiger partial charge in [-0.1, -0.05) is 0 Å². The second-order valence-corrected chi connectivity index (χ2v) is 2.38. The summed E-state index contributed by atoms with van der Waals surface area (Å²) in [5.41, 5.74) is 0. The lowest BCUT2D eigenvalue weighted by atomic mass is 10.1. The molecule has 12 heavy (non-hydrogen) atoms. The summed E-state index contributed by atoms with van der Waals surface area (Å²) in [6, 6.07) is -1.32. The molecule has 0 aliphatic rings. The van der Waals surface area contributed by atoms with Gasteiger partial charge in [-0.05, 0) is 0 Å². The van der Waals surface area contributed by atoms with E-state index in [0.717, 1.165) is 6.92 Å². The average molecular weight is 187 g/mol. The smallest absolute Gasteiger partial charge is 0.314 e. The van der Waals surface area contributed by atoms with Gasteiger partial charge in [0, 0.05) is 6.92 Å². The summed E-state index contributed by atoms with van der Waals surface area (Å²) in [6.45, 7) is 7.24. The van der Waals surface area contributed by atoms with Crippen molar-refractivity contribution in [1.29, 1.82) is 0 Å². The molecule has 1 atom stereocenters. The van der Waals surface area contributed by atoms with E-state index in [1.165, 1.54) is 0 Å². The van der Waals surface area contributed by atoms with Crippen molar-refractivity contribution in [2.45, 2.75) is 31.5 Å². The van der Waals surface area contributed by atoms with E-state index in [0.29, 0.717) is 0 Å². The van der Waals surface area contributed by atoms with Crippen molar-refractivity contribution in [2.75, 3.05) is 0 Å². The Morgan fingerprint density at radius 2 is 1.67 bits per heavy atom. The zero-order chi connectivity index (χ0) is 9.99. The molecule has 0 aromatic carbocycles. The fraction of sp³-hybridized carbons (Fsp3) is 0.833. The van der Waals surface area contributed by atoms with Gasteiger partial charge in [0.15, 0.2) is 0 Å². The van der Waals surface area contributed by atoms with E-state index in [4.69, 9.17) is 6.57 Å². The zero-order valence-electron chi connectivity index (χ0n) is 6.12. The Hall–Kier alpha value is -0.860. The third-order valence-electron chi connectivity index (χ3n) is 1.19. The van der Waals surface area contributed by atoms with Crippen molar-refractivity contribution in [2.24, 2.45) is 0 Å². The molecule has 0 saturated carbocycles. The highest BCUT2D eigenvalue weighted by Crippen LogP contribution is 2.39. The highest BCUT2D eigenvalue weighted by Gasteiger charge is 2.58. The van der Waals surface area contributed by atoms with Crippen molar-refractivity contribution in [3.05, 3.63) is 11.4 Å². The van der Waals surface area contributed by atoms with E-state index in [1.807, 2.05) is 0 Å². The minimum Gasteiger partial charge on any atom is -0.314 e. The van der Waals surface area contributed by atoms with Crippen molar-refractivity contribution in [3.8, 4) is 0 Å². The molecule has 1 nitrogen and oxygen atoms in total. The fourth-order valence-corrected chi connectivity index (χ4v) is 0.532. The largest absolute Gasteiger partial charge is 0.453 e. The van der Waals surface area contributed by atoms with E-state index >= 15 is 0 Å². The molecule has 0 amide bonds. The molecule has 0 heterocycles. The standard InChI is InChI=1S/C6H6F5N/c1-4(12-2)3-5(7,8)6(9,10)11/h4H,3H2,1H3. The van der Waals surface area contributed by atoms with Crippen LogP contribution in [0.15, 0.2) is 0 Å². The number of nitrogens with zero attached hydrogens (tertiary/aromatic N) is 1. The van der Waals surface area contributed by atoms with Gasteiger partial charge in [0.1, 0.15) is 0 Å². The summed E-state index contributed by atoms with van der Waals surface area (Å²) in [5.74, 6) is -4.75. The minimum atomic E-state index is -5.55. The Morgan fingerprint density at radius 1 is 1.25 bits per heavy atom. The fourth-order valence-electron chi connectivity index (χ4n) is 0.532. The van der Waals surface area contributed by atoms with E-state index in [-0.39, 0.29) is 0 Å².